The molecular formula is C33H38ClF3N2O5S. The third-order valence-corrected chi connectivity index (χ3v) is 12.3. The molecule has 0 unspecified atom stereocenters. The molecule has 244 valence electrons. The Hall–Kier alpha value is -2.76. The smallest absolute Gasteiger partial charge is 0.390 e. The molecule has 2 aliphatic carbocycles. The fourth-order valence-corrected chi connectivity index (χ4v) is 9.50. The number of aliphatic hydroxyl groups is 1. The average Bonchev–Trinajstić information content (AvgIpc) is 3.09. The van der Waals surface area contributed by atoms with E-state index in [0.29, 0.717) is 36.2 Å². The van der Waals surface area contributed by atoms with E-state index in [1.807, 2.05) is 16.9 Å². The SMILES string of the molecule is C[C@H]1C/C=C/[C@H](O)[C@@H]2CC[C@H]2CN2C[C@@]3(CCCc4cc(Cl)ccc43)COc3ccc(cc32)C(=O)NS(=O)(=O)[C@@H]1CC(F)(F)F. The van der Waals surface area contributed by atoms with Gasteiger partial charge in [0.25, 0.3) is 5.91 Å². The number of nitrogens with one attached hydrogen (secondary N) is 1. The molecule has 45 heavy (non-hydrogen) atoms. The summed E-state index contributed by atoms with van der Waals surface area (Å²) in [4.78, 5) is 15.6. The fraction of sp³-hybridized carbons (Fsp3) is 0.545. The van der Waals surface area contributed by atoms with Crippen LogP contribution in [0.2, 0.25) is 5.02 Å². The number of carbonyl (C=O) groups excluding carboxylic acids is 1. The Labute approximate surface area is 266 Å². The average molecular weight is 667 g/mol. The molecule has 2 aromatic carbocycles. The molecule has 1 amide bonds. The van der Waals surface area contributed by atoms with Crippen molar-refractivity contribution in [2.75, 3.05) is 24.6 Å². The molecule has 0 aromatic heterocycles. The number of amides is 1. The lowest BCUT2D eigenvalue weighted by Gasteiger charge is -2.45. The van der Waals surface area contributed by atoms with Crippen LogP contribution in [0.4, 0.5) is 18.9 Å². The summed E-state index contributed by atoms with van der Waals surface area (Å²) in [6.45, 7) is 2.96. The van der Waals surface area contributed by atoms with Crippen molar-refractivity contribution in [2.45, 2.75) is 74.8 Å². The number of nitrogens with zero attached hydrogens (tertiary/aromatic N) is 1. The van der Waals surface area contributed by atoms with Crippen molar-refractivity contribution in [1.82, 2.24) is 4.72 Å². The van der Waals surface area contributed by atoms with E-state index < -0.39 is 45.8 Å². The molecular weight excluding hydrogens is 629 g/mol. The van der Waals surface area contributed by atoms with Crippen molar-refractivity contribution in [3.8, 4) is 5.75 Å². The Morgan fingerprint density at radius 2 is 1.98 bits per heavy atom. The molecule has 0 saturated heterocycles. The summed E-state index contributed by atoms with van der Waals surface area (Å²) in [6, 6.07) is 10.6. The maximum absolute atomic E-state index is 13.5. The number of ether oxygens (including phenoxy) is 1. The van der Waals surface area contributed by atoms with Gasteiger partial charge in [0.15, 0.2) is 0 Å². The number of aryl methyl sites for hydroxylation is 1. The number of rotatable bonds is 1. The van der Waals surface area contributed by atoms with Crippen LogP contribution in [0.5, 0.6) is 5.75 Å². The van der Waals surface area contributed by atoms with E-state index in [-0.39, 0.29) is 29.2 Å². The third kappa shape index (κ3) is 6.58. The Balaban J connectivity index is 1.42. The molecule has 2 aromatic rings. The molecule has 2 heterocycles. The summed E-state index contributed by atoms with van der Waals surface area (Å²) in [5.74, 6) is -1.36. The monoisotopic (exact) mass is 666 g/mol. The first-order valence-electron chi connectivity index (χ1n) is 15.5. The van der Waals surface area contributed by atoms with E-state index in [9.17, 15) is 31.5 Å². The number of fused-ring (bicyclic) bond motifs is 4. The summed E-state index contributed by atoms with van der Waals surface area (Å²) in [6.07, 6.45) is 0.369. The highest BCUT2D eigenvalue weighted by Crippen LogP contribution is 2.47. The first-order valence-corrected chi connectivity index (χ1v) is 17.5. The van der Waals surface area contributed by atoms with Crippen LogP contribution in [-0.2, 0) is 21.9 Å². The minimum Gasteiger partial charge on any atom is -0.490 e. The number of hydrogen-bond acceptors (Lipinski definition) is 6. The molecule has 0 radical (unpaired) electrons. The highest BCUT2D eigenvalue weighted by molar-refractivity contribution is 7.90. The second-order valence-electron chi connectivity index (χ2n) is 13.3. The molecule has 2 aliphatic heterocycles. The Morgan fingerprint density at radius 1 is 1.18 bits per heavy atom. The second-order valence-corrected chi connectivity index (χ2v) is 15.6. The van der Waals surface area contributed by atoms with Gasteiger partial charge in [-0.25, -0.2) is 13.1 Å². The van der Waals surface area contributed by atoms with Crippen LogP contribution >= 0.6 is 11.6 Å². The van der Waals surface area contributed by atoms with Gasteiger partial charge in [-0.05, 0) is 97.7 Å². The summed E-state index contributed by atoms with van der Waals surface area (Å²) in [5, 5.41) is 9.88. The number of carbonyl (C=O) groups is 1. The van der Waals surface area contributed by atoms with Crippen LogP contribution < -0.4 is 14.4 Å². The largest absolute Gasteiger partial charge is 0.490 e. The van der Waals surface area contributed by atoms with E-state index in [0.717, 1.165) is 32.1 Å². The van der Waals surface area contributed by atoms with E-state index in [2.05, 4.69) is 11.0 Å². The number of benzene rings is 2. The van der Waals surface area contributed by atoms with Crippen LogP contribution in [0.1, 0.15) is 66.9 Å². The number of hydrogen-bond donors (Lipinski definition) is 2. The lowest BCUT2D eigenvalue weighted by molar-refractivity contribution is -0.136. The zero-order chi connectivity index (χ0) is 32.1. The van der Waals surface area contributed by atoms with E-state index in [1.54, 1.807) is 24.3 Å². The van der Waals surface area contributed by atoms with Crippen LogP contribution in [-0.4, -0.2) is 56.7 Å². The number of allylic oxidation sites excluding steroid dienone is 1. The third-order valence-electron chi connectivity index (χ3n) is 10.2. The summed E-state index contributed by atoms with van der Waals surface area (Å²) in [7, 11) is -4.73. The molecule has 12 heteroatoms. The minimum atomic E-state index is -4.76. The summed E-state index contributed by atoms with van der Waals surface area (Å²) >= 11 is 6.35. The van der Waals surface area contributed by atoms with Gasteiger partial charge in [0.1, 0.15) is 5.75 Å². The molecule has 1 fully saturated rings. The van der Waals surface area contributed by atoms with Gasteiger partial charge in [-0.3, -0.25) is 4.79 Å². The van der Waals surface area contributed by atoms with Gasteiger partial charge in [-0.1, -0.05) is 36.7 Å². The van der Waals surface area contributed by atoms with E-state index >= 15 is 0 Å². The molecule has 2 N–H and O–H groups in total. The van der Waals surface area contributed by atoms with Crippen molar-refractivity contribution < 1.29 is 36.2 Å². The van der Waals surface area contributed by atoms with Crippen molar-refractivity contribution >= 4 is 33.2 Å². The normalized spacial score (nSPS) is 32.3. The van der Waals surface area contributed by atoms with Gasteiger partial charge in [0, 0.05) is 29.1 Å². The maximum Gasteiger partial charge on any atom is 0.390 e. The zero-order valence-corrected chi connectivity index (χ0v) is 26.6. The van der Waals surface area contributed by atoms with Gasteiger partial charge in [0.05, 0.1) is 30.1 Å². The number of anilines is 1. The van der Waals surface area contributed by atoms with E-state index in [1.165, 1.54) is 24.1 Å². The lowest BCUT2D eigenvalue weighted by Crippen LogP contribution is -2.49. The Bertz CT molecular complexity index is 1600. The van der Waals surface area contributed by atoms with Crippen molar-refractivity contribution in [3.63, 3.8) is 0 Å². The molecule has 6 rings (SSSR count). The Morgan fingerprint density at radius 3 is 2.71 bits per heavy atom. The van der Waals surface area contributed by atoms with Crippen LogP contribution in [0, 0.1) is 17.8 Å². The number of halogens is 4. The predicted octanol–water partition coefficient (Wildman–Crippen LogP) is 6.18. The standard InChI is InChI=1S/C33H38ClF3N2O5S/c1-20-4-2-6-28(40)25-10-7-23(25)17-39-18-32(13-3-5-21-14-24(34)9-11-26(21)32)19-44-29-12-8-22(15-27(29)39)31(41)38-45(42,43)30(20)16-33(35,36)37/h2,6,8-9,11-12,14-15,20,23,25,28,30,40H,3-5,7,10,13,16-19H2,1H3,(H,38,41)/b6-2+/t20-,23-,25+,28-,30+,32-/m0/s1. The first-order chi connectivity index (χ1) is 21.2. The highest BCUT2D eigenvalue weighted by Gasteiger charge is 2.45. The van der Waals surface area contributed by atoms with Gasteiger partial charge in [0.2, 0.25) is 10.0 Å². The summed E-state index contributed by atoms with van der Waals surface area (Å²) in [5.41, 5.74) is 2.59. The molecule has 1 saturated carbocycles. The summed E-state index contributed by atoms with van der Waals surface area (Å²) < 4.78 is 75.6. The van der Waals surface area contributed by atoms with Crippen molar-refractivity contribution in [1.29, 1.82) is 0 Å². The van der Waals surface area contributed by atoms with Crippen LogP contribution in [0.15, 0.2) is 48.6 Å². The molecule has 7 nitrogen and oxygen atoms in total. The van der Waals surface area contributed by atoms with Gasteiger partial charge in [-0.15, -0.1) is 0 Å². The molecule has 2 bridgehead atoms. The second kappa shape index (κ2) is 12.1. The molecule has 4 aliphatic rings. The van der Waals surface area contributed by atoms with Crippen LogP contribution in [0.3, 0.4) is 0 Å². The predicted molar refractivity (Wildman–Crippen MR) is 166 cm³/mol. The quantitative estimate of drug-likeness (QED) is 0.353. The molecule has 6 atom stereocenters. The number of aliphatic hydroxyl groups excluding tert-OH is 1. The van der Waals surface area contributed by atoms with Crippen molar-refractivity contribution in [2.24, 2.45) is 17.8 Å². The van der Waals surface area contributed by atoms with E-state index in [4.69, 9.17) is 16.3 Å². The van der Waals surface area contributed by atoms with Crippen LogP contribution in [0.25, 0.3) is 0 Å². The fourth-order valence-electron chi connectivity index (χ4n) is 7.65. The van der Waals surface area contributed by atoms with Gasteiger partial charge in [-0.2, -0.15) is 13.2 Å². The van der Waals surface area contributed by atoms with Crippen molar-refractivity contribution in [3.05, 3.63) is 70.3 Å². The highest BCUT2D eigenvalue weighted by atomic mass is 35.5. The topological polar surface area (TPSA) is 95.9 Å². The first kappa shape index (κ1) is 32.2. The number of alkyl halides is 3. The Kier molecular flexibility index (Phi) is 8.67. The van der Waals surface area contributed by atoms with Gasteiger partial charge < -0.3 is 14.7 Å². The minimum absolute atomic E-state index is 0.00144. The zero-order valence-electron chi connectivity index (χ0n) is 25.0. The molecule has 1 spiro atoms. The lowest BCUT2D eigenvalue weighted by atomic mass is 9.68. The maximum atomic E-state index is 13.5. The van der Waals surface area contributed by atoms with Gasteiger partial charge >= 0.3 is 6.18 Å². The number of sulfonamides is 1.